The Hall–Kier alpha value is -2.52. The fraction of sp³-hybridized carbons (Fsp3) is 0.444. The molecule has 0 amide bonds. The van der Waals surface area contributed by atoms with E-state index in [2.05, 4.69) is 27.9 Å². The summed E-state index contributed by atoms with van der Waals surface area (Å²) in [5.74, 6) is 0.602. The number of hydrogen-bond acceptors (Lipinski definition) is 7. The Labute approximate surface area is 161 Å². The molecule has 0 N–H and O–H groups in total. The highest BCUT2D eigenvalue weighted by atomic mass is 32.1. The number of benzene rings is 1. The van der Waals surface area contributed by atoms with Crippen molar-refractivity contribution in [2.75, 3.05) is 31.1 Å². The van der Waals surface area contributed by atoms with Gasteiger partial charge in [-0.25, -0.2) is 9.67 Å². The van der Waals surface area contributed by atoms with Gasteiger partial charge in [-0.05, 0) is 26.0 Å². The number of thiazole rings is 1. The molecule has 3 heterocycles. The Balaban J connectivity index is 1.50. The Morgan fingerprint density at radius 2 is 1.93 bits per heavy atom. The third-order valence-corrected chi connectivity index (χ3v) is 6.38. The monoisotopic (exact) mass is 386 g/mol. The quantitative estimate of drug-likeness (QED) is 0.506. The zero-order chi connectivity index (χ0) is 19.1. The highest BCUT2D eigenvalue weighted by Gasteiger charge is 2.32. The number of hydrogen-bond donors (Lipinski definition) is 0. The summed E-state index contributed by atoms with van der Waals surface area (Å²) in [6.45, 7) is 7.00. The summed E-state index contributed by atoms with van der Waals surface area (Å²) >= 11 is 1.74. The molecule has 1 aliphatic rings. The molecule has 0 radical (unpaired) electrons. The number of nitrogens with zero attached hydrogens (tertiary/aromatic N) is 6. The lowest BCUT2D eigenvalue weighted by atomic mass is 10.2. The molecule has 1 fully saturated rings. The van der Waals surface area contributed by atoms with Crippen molar-refractivity contribution in [2.24, 2.45) is 7.05 Å². The highest BCUT2D eigenvalue weighted by Crippen LogP contribution is 2.33. The van der Waals surface area contributed by atoms with E-state index in [0.717, 1.165) is 36.7 Å². The normalized spacial score (nSPS) is 16.8. The summed E-state index contributed by atoms with van der Waals surface area (Å²) in [6.07, 6.45) is 0. The molecule has 2 aromatic heterocycles. The lowest BCUT2D eigenvalue weighted by Crippen LogP contribution is -2.47. The minimum Gasteiger partial charge on any atom is -0.349 e. The maximum absolute atomic E-state index is 11.4. The second-order valence-electron chi connectivity index (χ2n) is 6.86. The molecule has 0 saturated carbocycles. The van der Waals surface area contributed by atoms with Crippen LogP contribution < -0.4 is 4.90 Å². The second-order valence-corrected chi connectivity index (χ2v) is 7.92. The van der Waals surface area contributed by atoms with E-state index in [4.69, 9.17) is 4.98 Å². The topological polar surface area (TPSA) is 80.3 Å². The molecule has 1 saturated heterocycles. The smallest absolute Gasteiger partial charge is 0.333 e. The first kappa shape index (κ1) is 17.9. The van der Waals surface area contributed by atoms with E-state index in [9.17, 15) is 10.1 Å². The van der Waals surface area contributed by atoms with E-state index >= 15 is 0 Å². The molecule has 1 atom stereocenters. The zero-order valence-electron chi connectivity index (χ0n) is 15.6. The first-order chi connectivity index (χ1) is 13.0. The molecule has 8 nitrogen and oxygen atoms in total. The molecule has 0 bridgehead atoms. The highest BCUT2D eigenvalue weighted by molar-refractivity contribution is 7.18. The molecular weight excluding hydrogens is 364 g/mol. The van der Waals surface area contributed by atoms with Crippen LogP contribution in [-0.2, 0) is 7.05 Å². The van der Waals surface area contributed by atoms with E-state index in [1.807, 2.05) is 18.2 Å². The van der Waals surface area contributed by atoms with Gasteiger partial charge in [0.2, 0.25) is 5.82 Å². The molecule has 3 aromatic rings. The van der Waals surface area contributed by atoms with Gasteiger partial charge in [-0.1, -0.05) is 12.1 Å². The first-order valence-corrected chi connectivity index (χ1v) is 9.80. The van der Waals surface area contributed by atoms with Crippen LogP contribution in [0.4, 0.5) is 11.5 Å². The fourth-order valence-electron chi connectivity index (χ4n) is 3.75. The minimum atomic E-state index is -0.326. The van der Waals surface area contributed by atoms with Crippen molar-refractivity contribution in [1.29, 1.82) is 0 Å². The van der Waals surface area contributed by atoms with Gasteiger partial charge >= 0.3 is 5.69 Å². The maximum Gasteiger partial charge on any atom is 0.333 e. The standard InChI is InChI=1S/C18H22N6O2S/c1-12-16(24(25)26)18(21(3)20-12)23-10-8-22(9-11-23)13(2)17-19-14-6-4-5-7-15(14)27-17/h4-7,13H,8-11H2,1-3H3/t13-/m1/s1. The van der Waals surface area contributed by atoms with Crippen molar-refractivity contribution in [3.63, 3.8) is 0 Å². The summed E-state index contributed by atoms with van der Waals surface area (Å²) in [7, 11) is 1.77. The Morgan fingerprint density at radius 3 is 2.59 bits per heavy atom. The number of aryl methyl sites for hydroxylation is 2. The van der Waals surface area contributed by atoms with Crippen LogP contribution in [0.5, 0.6) is 0 Å². The SMILES string of the molecule is Cc1nn(C)c(N2CCN([C@H](C)c3nc4ccccc4s3)CC2)c1[N+](=O)[O-]. The molecule has 0 unspecified atom stereocenters. The molecule has 142 valence electrons. The van der Waals surface area contributed by atoms with Crippen LogP contribution >= 0.6 is 11.3 Å². The molecule has 0 spiro atoms. The van der Waals surface area contributed by atoms with Gasteiger partial charge in [-0.15, -0.1) is 11.3 Å². The van der Waals surface area contributed by atoms with Gasteiger partial charge in [0.15, 0.2) is 0 Å². The Kier molecular flexibility index (Phi) is 4.56. The number of para-hydroxylation sites is 1. The van der Waals surface area contributed by atoms with E-state index in [1.54, 1.807) is 30.0 Å². The first-order valence-electron chi connectivity index (χ1n) is 8.98. The van der Waals surface area contributed by atoms with Crippen LogP contribution in [-0.4, -0.2) is 50.8 Å². The van der Waals surface area contributed by atoms with Crippen molar-refractivity contribution in [2.45, 2.75) is 19.9 Å². The summed E-state index contributed by atoms with van der Waals surface area (Å²) in [5, 5.41) is 16.8. The molecule has 27 heavy (non-hydrogen) atoms. The maximum atomic E-state index is 11.4. The van der Waals surface area contributed by atoms with Gasteiger partial charge in [0.1, 0.15) is 10.7 Å². The van der Waals surface area contributed by atoms with Crippen LogP contribution in [0.2, 0.25) is 0 Å². The average Bonchev–Trinajstić information content (AvgIpc) is 3.21. The number of nitro groups is 1. The van der Waals surface area contributed by atoms with E-state index < -0.39 is 0 Å². The van der Waals surface area contributed by atoms with Crippen LogP contribution in [0.25, 0.3) is 10.2 Å². The summed E-state index contributed by atoms with van der Waals surface area (Å²) < 4.78 is 2.83. The van der Waals surface area contributed by atoms with Gasteiger partial charge in [0.05, 0.1) is 21.2 Å². The average molecular weight is 386 g/mol. The molecule has 9 heteroatoms. The van der Waals surface area contributed by atoms with Crippen LogP contribution in [0.15, 0.2) is 24.3 Å². The molecule has 4 rings (SSSR count). The summed E-state index contributed by atoms with van der Waals surface area (Å²) in [5.41, 5.74) is 1.62. The summed E-state index contributed by atoms with van der Waals surface area (Å²) in [6, 6.07) is 8.43. The molecule has 1 aliphatic heterocycles. The Morgan fingerprint density at radius 1 is 1.22 bits per heavy atom. The minimum absolute atomic E-state index is 0.116. The van der Waals surface area contributed by atoms with Crippen LogP contribution in [0.1, 0.15) is 23.7 Å². The van der Waals surface area contributed by atoms with Gasteiger partial charge in [-0.3, -0.25) is 15.0 Å². The number of piperazine rings is 1. The number of anilines is 1. The van der Waals surface area contributed by atoms with Crippen LogP contribution in [0.3, 0.4) is 0 Å². The summed E-state index contributed by atoms with van der Waals surface area (Å²) in [4.78, 5) is 20.4. The van der Waals surface area contributed by atoms with Gasteiger partial charge in [0.25, 0.3) is 0 Å². The number of fused-ring (bicyclic) bond motifs is 1. The third-order valence-electron chi connectivity index (χ3n) is 5.17. The van der Waals surface area contributed by atoms with Crippen LogP contribution in [0, 0.1) is 17.0 Å². The molecule has 0 aliphatic carbocycles. The van der Waals surface area contributed by atoms with Crippen molar-refractivity contribution >= 4 is 33.1 Å². The van der Waals surface area contributed by atoms with E-state index in [0.29, 0.717) is 11.5 Å². The van der Waals surface area contributed by atoms with Crippen molar-refractivity contribution in [1.82, 2.24) is 19.7 Å². The Bertz CT molecular complexity index is 956. The third kappa shape index (κ3) is 3.17. The van der Waals surface area contributed by atoms with Crippen molar-refractivity contribution in [3.05, 3.63) is 45.1 Å². The van der Waals surface area contributed by atoms with Gasteiger partial charge in [-0.2, -0.15) is 5.10 Å². The second kappa shape index (κ2) is 6.90. The predicted molar refractivity (Wildman–Crippen MR) is 106 cm³/mol. The molecular formula is C18H22N6O2S. The zero-order valence-corrected chi connectivity index (χ0v) is 16.4. The fourth-order valence-corrected chi connectivity index (χ4v) is 4.80. The number of rotatable bonds is 4. The lowest BCUT2D eigenvalue weighted by molar-refractivity contribution is -0.384. The van der Waals surface area contributed by atoms with Crippen molar-refractivity contribution in [3.8, 4) is 0 Å². The van der Waals surface area contributed by atoms with E-state index in [-0.39, 0.29) is 16.7 Å². The largest absolute Gasteiger partial charge is 0.349 e. The predicted octanol–water partition coefficient (Wildman–Crippen LogP) is 3.13. The van der Waals surface area contributed by atoms with Gasteiger partial charge in [0, 0.05) is 33.2 Å². The molecule has 1 aromatic carbocycles. The number of aromatic nitrogens is 3. The van der Waals surface area contributed by atoms with Gasteiger partial charge < -0.3 is 4.90 Å². The lowest BCUT2D eigenvalue weighted by Gasteiger charge is -2.37. The van der Waals surface area contributed by atoms with E-state index in [1.165, 1.54) is 4.70 Å². The van der Waals surface area contributed by atoms with Crippen molar-refractivity contribution < 1.29 is 4.92 Å².